The first-order chi connectivity index (χ1) is 16.5. The second-order valence-corrected chi connectivity index (χ2v) is 8.10. The number of carbonyl (C=O) groups is 1. The number of fused-ring (bicyclic) bond motifs is 1. The summed E-state index contributed by atoms with van der Waals surface area (Å²) in [5, 5.41) is 3.04. The summed E-state index contributed by atoms with van der Waals surface area (Å²) in [6.45, 7) is 2.35. The molecule has 0 aliphatic heterocycles. The molecule has 0 radical (unpaired) electrons. The number of halogens is 1. The lowest BCUT2D eigenvalue weighted by Crippen LogP contribution is -2.33. The highest BCUT2D eigenvalue weighted by molar-refractivity contribution is 5.84. The van der Waals surface area contributed by atoms with E-state index in [-0.39, 0.29) is 11.7 Å². The molecule has 34 heavy (non-hydrogen) atoms. The zero-order chi connectivity index (χ0) is 24.1. The molecule has 0 bridgehead atoms. The van der Waals surface area contributed by atoms with Crippen LogP contribution in [0.3, 0.4) is 0 Å². The Balaban J connectivity index is 1.49. The fraction of sp³-hybridized carbons (Fsp3) is 0.259. The van der Waals surface area contributed by atoms with Crippen LogP contribution in [0.4, 0.5) is 4.39 Å². The van der Waals surface area contributed by atoms with Gasteiger partial charge in [0.2, 0.25) is 5.91 Å². The molecule has 1 aromatic heterocycles. The van der Waals surface area contributed by atoms with Crippen LogP contribution in [-0.4, -0.2) is 36.2 Å². The van der Waals surface area contributed by atoms with Gasteiger partial charge in [0.05, 0.1) is 25.3 Å². The average molecular weight is 462 g/mol. The number of amides is 1. The standard InChI is InChI=1S/C27H28FN3O3/c1-18(27(32)29-15-14-20-10-13-24(33-2)25(16-20)34-3)31-23-7-5-4-6-22(23)30-26(31)17-19-8-11-21(28)12-9-19/h4-13,16,18H,14-15,17H2,1-3H3,(H,29,32). The van der Waals surface area contributed by atoms with Crippen molar-refractivity contribution in [3.05, 3.63) is 89.5 Å². The zero-order valence-electron chi connectivity index (χ0n) is 19.5. The first kappa shape index (κ1) is 23.3. The topological polar surface area (TPSA) is 65.4 Å². The lowest BCUT2D eigenvalue weighted by Gasteiger charge is -2.18. The summed E-state index contributed by atoms with van der Waals surface area (Å²) >= 11 is 0. The fourth-order valence-electron chi connectivity index (χ4n) is 4.07. The second kappa shape index (κ2) is 10.4. The van der Waals surface area contributed by atoms with Gasteiger partial charge in [-0.15, -0.1) is 0 Å². The summed E-state index contributed by atoms with van der Waals surface area (Å²) in [4.78, 5) is 17.9. The molecule has 1 heterocycles. The number of nitrogens with one attached hydrogen (secondary N) is 1. The largest absolute Gasteiger partial charge is 0.493 e. The first-order valence-electron chi connectivity index (χ1n) is 11.2. The van der Waals surface area contributed by atoms with Crippen molar-refractivity contribution < 1.29 is 18.7 Å². The molecule has 0 aliphatic rings. The van der Waals surface area contributed by atoms with Crippen molar-refractivity contribution in [3.8, 4) is 11.5 Å². The van der Waals surface area contributed by atoms with Crippen molar-refractivity contribution in [1.29, 1.82) is 0 Å². The minimum atomic E-state index is -0.465. The monoisotopic (exact) mass is 461 g/mol. The molecule has 0 fully saturated rings. The van der Waals surface area contributed by atoms with Crippen LogP contribution in [0.5, 0.6) is 11.5 Å². The quantitative estimate of drug-likeness (QED) is 0.392. The van der Waals surface area contributed by atoms with Crippen LogP contribution in [-0.2, 0) is 17.6 Å². The van der Waals surface area contributed by atoms with Gasteiger partial charge >= 0.3 is 0 Å². The van der Waals surface area contributed by atoms with Crippen LogP contribution in [0, 0.1) is 5.82 Å². The molecule has 0 saturated heterocycles. The lowest BCUT2D eigenvalue weighted by molar-refractivity contribution is -0.123. The van der Waals surface area contributed by atoms with Crippen LogP contribution in [0.25, 0.3) is 11.0 Å². The first-order valence-corrected chi connectivity index (χ1v) is 11.2. The molecule has 0 saturated carbocycles. The third-order valence-electron chi connectivity index (χ3n) is 5.87. The van der Waals surface area contributed by atoms with Gasteiger partial charge in [-0.3, -0.25) is 4.79 Å². The predicted octanol–water partition coefficient (Wildman–Crippen LogP) is 4.70. The Labute approximate surface area is 198 Å². The van der Waals surface area contributed by atoms with Gasteiger partial charge in [-0.05, 0) is 60.9 Å². The molecule has 1 atom stereocenters. The van der Waals surface area contributed by atoms with E-state index in [1.54, 1.807) is 26.4 Å². The Morgan fingerprint density at radius 3 is 2.44 bits per heavy atom. The summed E-state index contributed by atoms with van der Waals surface area (Å²) in [6, 6.07) is 19.4. The highest BCUT2D eigenvalue weighted by Crippen LogP contribution is 2.28. The number of carbonyl (C=O) groups excluding carboxylic acids is 1. The molecule has 4 aromatic rings. The van der Waals surface area contributed by atoms with E-state index in [1.807, 2.05) is 54.0 Å². The highest BCUT2D eigenvalue weighted by atomic mass is 19.1. The Bertz CT molecular complexity index is 1280. The Hall–Kier alpha value is -3.87. The highest BCUT2D eigenvalue weighted by Gasteiger charge is 2.21. The predicted molar refractivity (Wildman–Crippen MR) is 130 cm³/mol. The Kier molecular flexibility index (Phi) is 7.11. The average Bonchev–Trinajstić information content (AvgIpc) is 3.22. The number of ether oxygens (including phenoxy) is 2. The molecule has 1 N–H and O–H groups in total. The zero-order valence-corrected chi connectivity index (χ0v) is 19.5. The van der Waals surface area contributed by atoms with Gasteiger partial charge < -0.3 is 19.4 Å². The van der Waals surface area contributed by atoms with E-state index in [2.05, 4.69) is 5.32 Å². The van der Waals surface area contributed by atoms with Crippen molar-refractivity contribution in [2.24, 2.45) is 0 Å². The third kappa shape index (κ3) is 5.03. The Morgan fingerprint density at radius 1 is 1.00 bits per heavy atom. The number of imidazole rings is 1. The van der Waals surface area contributed by atoms with Crippen LogP contribution < -0.4 is 14.8 Å². The number of methoxy groups -OCH3 is 2. The molecule has 176 valence electrons. The van der Waals surface area contributed by atoms with E-state index in [1.165, 1.54) is 12.1 Å². The minimum Gasteiger partial charge on any atom is -0.493 e. The number of para-hydroxylation sites is 2. The van der Waals surface area contributed by atoms with E-state index in [9.17, 15) is 9.18 Å². The fourth-order valence-corrected chi connectivity index (χ4v) is 4.07. The van der Waals surface area contributed by atoms with Crippen molar-refractivity contribution in [2.45, 2.75) is 25.8 Å². The van der Waals surface area contributed by atoms with E-state index in [0.717, 1.165) is 28.0 Å². The molecule has 1 unspecified atom stereocenters. The maximum atomic E-state index is 13.3. The van der Waals surface area contributed by atoms with Gasteiger partial charge in [0.25, 0.3) is 0 Å². The van der Waals surface area contributed by atoms with E-state index >= 15 is 0 Å². The molecule has 4 rings (SSSR count). The van der Waals surface area contributed by atoms with Crippen molar-refractivity contribution >= 4 is 16.9 Å². The number of hydrogen-bond donors (Lipinski definition) is 1. The van der Waals surface area contributed by atoms with Gasteiger partial charge in [-0.25, -0.2) is 9.37 Å². The maximum absolute atomic E-state index is 13.3. The van der Waals surface area contributed by atoms with E-state index in [4.69, 9.17) is 14.5 Å². The van der Waals surface area contributed by atoms with Gasteiger partial charge in [-0.1, -0.05) is 30.3 Å². The van der Waals surface area contributed by atoms with Crippen molar-refractivity contribution in [1.82, 2.24) is 14.9 Å². The third-order valence-corrected chi connectivity index (χ3v) is 5.87. The number of benzene rings is 3. The number of aromatic nitrogens is 2. The van der Waals surface area contributed by atoms with Crippen LogP contribution in [0.1, 0.15) is 29.9 Å². The molecule has 0 spiro atoms. The molecule has 0 aliphatic carbocycles. The number of hydrogen-bond acceptors (Lipinski definition) is 4. The van der Waals surface area contributed by atoms with Crippen LogP contribution >= 0.6 is 0 Å². The van der Waals surface area contributed by atoms with E-state index < -0.39 is 6.04 Å². The van der Waals surface area contributed by atoms with Gasteiger partial charge in [0, 0.05) is 13.0 Å². The molecular formula is C27H28FN3O3. The summed E-state index contributed by atoms with van der Waals surface area (Å²) in [6.07, 6.45) is 1.16. The van der Waals surface area contributed by atoms with Gasteiger partial charge in [-0.2, -0.15) is 0 Å². The summed E-state index contributed by atoms with van der Waals surface area (Å²) in [5.74, 6) is 1.72. The van der Waals surface area contributed by atoms with Crippen LogP contribution in [0.2, 0.25) is 0 Å². The summed E-state index contributed by atoms with van der Waals surface area (Å²) < 4.78 is 25.9. The second-order valence-electron chi connectivity index (χ2n) is 8.10. The Morgan fingerprint density at radius 2 is 1.71 bits per heavy atom. The SMILES string of the molecule is COc1ccc(CCNC(=O)C(C)n2c(Cc3ccc(F)cc3)nc3ccccc32)cc1OC. The van der Waals surface area contributed by atoms with E-state index in [0.29, 0.717) is 30.9 Å². The summed E-state index contributed by atoms with van der Waals surface area (Å²) in [5.41, 5.74) is 3.68. The molecular weight excluding hydrogens is 433 g/mol. The molecule has 3 aromatic carbocycles. The van der Waals surface area contributed by atoms with Gasteiger partial charge in [0.15, 0.2) is 11.5 Å². The van der Waals surface area contributed by atoms with Crippen molar-refractivity contribution in [2.75, 3.05) is 20.8 Å². The smallest absolute Gasteiger partial charge is 0.242 e. The maximum Gasteiger partial charge on any atom is 0.242 e. The number of rotatable bonds is 9. The van der Waals surface area contributed by atoms with Crippen molar-refractivity contribution in [3.63, 3.8) is 0 Å². The van der Waals surface area contributed by atoms with Gasteiger partial charge in [0.1, 0.15) is 17.7 Å². The summed E-state index contributed by atoms with van der Waals surface area (Å²) in [7, 11) is 3.20. The molecule has 6 nitrogen and oxygen atoms in total. The molecule has 7 heteroatoms. The van der Waals surface area contributed by atoms with Crippen LogP contribution in [0.15, 0.2) is 66.7 Å². The normalized spacial score (nSPS) is 11.9. The minimum absolute atomic E-state index is 0.0935. The molecule has 1 amide bonds. The lowest BCUT2D eigenvalue weighted by atomic mass is 10.1. The number of nitrogens with zero attached hydrogens (tertiary/aromatic N) is 2.